The average Bonchev–Trinajstić information content (AvgIpc) is 1.85. The highest BCUT2D eigenvalue weighted by Gasteiger charge is 1.81. The minimum atomic E-state index is 0.449. The second-order valence-electron chi connectivity index (χ2n) is 1.56. The Bertz CT molecular complexity index is 118. The zero-order valence-corrected chi connectivity index (χ0v) is 5.50. The van der Waals surface area contributed by atoms with Gasteiger partial charge < -0.3 is 16.2 Å². The molecule has 0 aliphatic rings. The van der Waals surface area contributed by atoms with E-state index in [1.807, 2.05) is 0 Å². The molecule has 0 aromatic heterocycles. The fourth-order valence-electron chi connectivity index (χ4n) is 0.394. The number of hydrogen-bond acceptors (Lipinski definition) is 3. The summed E-state index contributed by atoms with van der Waals surface area (Å²) in [6.45, 7) is 0.449. The zero-order valence-electron chi connectivity index (χ0n) is 5.50. The van der Waals surface area contributed by atoms with Gasteiger partial charge in [0.25, 0.3) is 0 Å². The monoisotopic (exact) mass is 128 g/mol. The summed E-state index contributed by atoms with van der Waals surface area (Å²) in [5, 5.41) is 0. The van der Waals surface area contributed by atoms with Gasteiger partial charge >= 0.3 is 0 Å². The molecule has 3 heteroatoms. The van der Waals surface area contributed by atoms with Gasteiger partial charge in [0.1, 0.15) is 0 Å². The fraction of sp³-hybridized carbons (Fsp3) is 0.333. The highest BCUT2D eigenvalue weighted by Crippen LogP contribution is 1.83. The molecule has 3 nitrogen and oxygen atoms in total. The molecule has 0 atom stereocenters. The largest absolute Gasteiger partial charge is 0.405 e. The summed E-state index contributed by atoms with van der Waals surface area (Å²) < 4.78 is 4.73. The second-order valence-corrected chi connectivity index (χ2v) is 1.56. The van der Waals surface area contributed by atoms with Crippen molar-refractivity contribution in [3.05, 3.63) is 24.0 Å². The quantitative estimate of drug-likeness (QED) is 0.524. The van der Waals surface area contributed by atoms with E-state index in [2.05, 4.69) is 0 Å². The molecule has 0 amide bonds. The lowest BCUT2D eigenvalue weighted by Gasteiger charge is -1.94. The lowest BCUT2D eigenvalue weighted by atomic mass is 10.4. The van der Waals surface area contributed by atoms with Gasteiger partial charge in [0, 0.05) is 12.8 Å². The van der Waals surface area contributed by atoms with Gasteiger partial charge in [0.2, 0.25) is 0 Å². The van der Waals surface area contributed by atoms with Crippen molar-refractivity contribution in [2.75, 3.05) is 13.7 Å². The summed E-state index contributed by atoms with van der Waals surface area (Å²) >= 11 is 0. The maximum atomic E-state index is 5.40. The predicted molar refractivity (Wildman–Crippen MR) is 37.5 cm³/mol. The third-order valence-electron chi connectivity index (χ3n) is 0.732. The van der Waals surface area contributed by atoms with Crippen molar-refractivity contribution in [3.8, 4) is 0 Å². The van der Waals surface area contributed by atoms with E-state index in [0.717, 1.165) is 0 Å². The maximum absolute atomic E-state index is 5.40. The summed E-state index contributed by atoms with van der Waals surface area (Å²) in [6.07, 6.45) is 4.78. The molecule has 0 rings (SSSR count). The van der Waals surface area contributed by atoms with Crippen molar-refractivity contribution >= 4 is 0 Å². The van der Waals surface area contributed by atoms with Crippen LogP contribution in [0.5, 0.6) is 0 Å². The Morgan fingerprint density at radius 2 is 2.33 bits per heavy atom. The van der Waals surface area contributed by atoms with E-state index in [1.54, 1.807) is 19.3 Å². The molecule has 4 N–H and O–H groups in total. The van der Waals surface area contributed by atoms with Crippen LogP contribution in [0.25, 0.3) is 0 Å². The van der Waals surface area contributed by atoms with Crippen LogP contribution in [-0.2, 0) is 4.74 Å². The zero-order chi connectivity index (χ0) is 7.11. The molecule has 0 aliphatic heterocycles. The summed E-state index contributed by atoms with van der Waals surface area (Å²) in [7, 11) is 1.59. The number of rotatable bonds is 3. The van der Waals surface area contributed by atoms with Gasteiger partial charge in [-0.3, -0.25) is 0 Å². The first-order valence-corrected chi connectivity index (χ1v) is 2.63. The van der Waals surface area contributed by atoms with Crippen LogP contribution in [0.1, 0.15) is 0 Å². The van der Waals surface area contributed by atoms with E-state index >= 15 is 0 Å². The van der Waals surface area contributed by atoms with Crippen molar-refractivity contribution in [1.29, 1.82) is 0 Å². The van der Waals surface area contributed by atoms with Crippen LogP contribution in [0.3, 0.4) is 0 Å². The molecule has 0 aromatic carbocycles. The summed E-state index contributed by atoms with van der Waals surface area (Å²) in [4.78, 5) is 0. The first-order chi connectivity index (χ1) is 4.31. The molecule has 0 saturated carbocycles. The van der Waals surface area contributed by atoms with E-state index in [4.69, 9.17) is 16.2 Å². The van der Waals surface area contributed by atoms with Crippen LogP contribution in [0, 0.1) is 0 Å². The van der Waals surface area contributed by atoms with Gasteiger partial charge in [0.05, 0.1) is 6.61 Å². The lowest BCUT2D eigenvalue weighted by Crippen LogP contribution is -2.03. The van der Waals surface area contributed by atoms with Crippen molar-refractivity contribution in [3.63, 3.8) is 0 Å². The number of allylic oxidation sites excluding steroid dienone is 2. The van der Waals surface area contributed by atoms with E-state index in [1.165, 1.54) is 6.20 Å². The van der Waals surface area contributed by atoms with Crippen LogP contribution in [0.4, 0.5) is 0 Å². The van der Waals surface area contributed by atoms with Gasteiger partial charge in [-0.1, -0.05) is 0 Å². The van der Waals surface area contributed by atoms with Gasteiger partial charge in [0.15, 0.2) is 0 Å². The second kappa shape index (κ2) is 5.18. The fourth-order valence-corrected chi connectivity index (χ4v) is 0.394. The molecule has 0 fully saturated rings. The van der Waals surface area contributed by atoms with E-state index in [9.17, 15) is 0 Å². The molecule has 0 radical (unpaired) electrons. The maximum Gasteiger partial charge on any atom is 0.0856 e. The van der Waals surface area contributed by atoms with Crippen molar-refractivity contribution < 1.29 is 4.74 Å². The van der Waals surface area contributed by atoms with Crippen LogP contribution in [0.2, 0.25) is 0 Å². The Morgan fingerprint density at radius 3 is 2.78 bits per heavy atom. The Labute approximate surface area is 55.0 Å². The Morgan fingerprint density at radius 1 is 1.67 bits per heavy atom. The minimum Gasteiger partial charge on any atom is -0.405 e. The molecule has 0 spiro atoms. The summed E-state index contributed by atoms with van der Waals surface area (Å²) in [5.74, 6) is 0. The van der Waals surface area contributed by atoms with Gasteiger partial charge in [-0.15, -0.1) is 0 Å². The van der Waals surface area contributed by atoms with E-state index < -0.39 is 0 Å². The number of nitrogens with two attached hydrogens (primary N) is 2. The van der Waals surface area contributed by atoms with Crippen molar-refractivity contribution in [2.45, 2.75) is 0 Å². The van der Waals surface area contributed by atoms with E-state index in [-0.39, 0.29) is 0 Å². The summed E-state index contributed by atoms with van der Waals surface area (Å²) in [5.41, 5.74) is 11.1. The SMILES string of the molecule is COC/C(N)=C/C=C\N. The van der Waals surface area contributed by atoms with E-state index in [0.29, 0.717) is 12.3 Å². The first kappa shape index (κ1) is 8.04. The summed E-state index contributed by atoms with van der Waals surface area (Å²) in [6, 6.07) is 0. The molecule has 9 heavy (non-hydrogen) atoms. The van der Waals surface area contributed by atoms with Crippen molar-refractivity contribution in [2.24, 2.45) is 11.5 Å². The van der Waals surface area contributed by atoms with Crippen LogP contribution < -0.4 is 11.5 Å². The molecule has 0 heterocycles. The number of hydrogen-bond donors (Lipinski definition) is 2. The molecule has 0 unspecified atom stereocenters. The molecule has 0 aromatic rings. The Kier molecular flexibility index (Phi) is 4.63. The number of methoxy groups -OCH3 is 1. The topological polar surface area (TPSA) is 61.3 Å². The van der Waals surface area contributed by atoms with Gasteiger partial charge in [-0.2, -0.15) is 0 Å². The van der Waals surface area contributed by atoms with Crippen LogP contribution >= 0.6 is 0 Å². The van der Waals surface area contributed by atoms with Crippen LogP contribution in [0.15, 0.2) is 24.0 Å². The molecule has 0 saturated heterocycles. The smallest absolute Gasteiger partial charge is 0.0856 e. The third kappa shape index (κ3) is 4.90. The highest BCUT2D eigenvalue weighted by atomic mass is 16.5. The molecular weight excluding hydrogens is 116 g/mol. The molecular formula is C6H12N2O. The minimum absolute atomic E-state index is 0.449. The first-order valence-electron chi connectivity index (χ1n) is 2.63. The Balaban J connectivity index is 3.55. The van der Waals surface area contributed by atoms with Crippen molar-refractivity contribution in [1.82, 2.24) is 0 Å². The highest BCUT2D eigenvalue weighted by molar-refractivity contribution is 5.08. The standard InChI is InChI=1S/C6H12N2O/c1-9-5-6(8)3-2-4-7/h2-4H,5,7-8H2,1H3/b4-2-,6-3-. The third-order valence-corrected chi connectivity index (χ3v) is 0.732. The number of ether oxygens (including phenoxy) is 1. The predicted octanol–water partition coefficient (Wildman–Crippen LogP) is -0.0522. The molecule has 52 valence electrons. The van der Waals surface area contributed by atoms with Gasteiger partial charge in [-0.05, 0) is 18.4 Å². The normalized spacial score (nSPS) is 12.8. The van der Waals surface area contributed by atoms with Gasteiger partial charge in [-0.25, -0.2) is 0 Å². The van der Waals surface area contributed by atoms with Crippen LogP contribution in [-0.4, -0.2) is 13.7 Å². The average molecular weight is 128 g/mol. The Hall–Kier alpha value is -0.960. The molecule has 0 bridgehead atoms. The lowest BCUT2D eigenvalue weighted by molar-refractivity contribution is 0.225. The molecule has 0 aliphatic carbocycles.